The number of benzene rings is 1. The summed E-state index contributed by atoms with van der Waals surface area (Å²) in [5.74, 6) is 0.233. The molecule has 106 valence electrons. The summed E-state index contributed by atoms with van der Waals surface area (Å²) in [4.78, 5) is 8.67. The van der Waals surface area contributed by atoms with E-state index in [-0.39, 0.29) is 5.92 Å². The summed E-state index contributed by atoms with van der Waals surface area (Å²) in [7, 11) is 0. The first-order chi connectivity index (χ1) is 10.2. The van der Waals surface area contributed by atoms with Gasteiger partial charge in [0, 0.05) is 6.20 Å². The second kappa shape index (κ2) is 5.75. The predicted octanol–water partition coefficient (Wildman–Crippen LogP) is 3.70. The normalized spacial score (nSPS) is 12.0. The minimum Gasteiger partial charge on any atom is -0.422 e. The number of anilines is 1. The van der Waals surface area contributed by atoms with Crippen molar-refractivity contribution in [3.8, 4) is 0 Å². The van der Waals surface area contributed by atoms with Crippen molar-refractivity contribution in [1.29, 1.82) is 0 Å². The molecule has 21 heavy (non-hydrogen) atoms. The van der Waals surface area contributed by atoms with Crippen molar-refractivity contribution in [1.82, 2.24) is 9.97 Å². The van der Waals surface area contributed by atoms with Gasteiger partial charge in [0.2, 0.25) is 0 Å². The zero-order chi connectivity index (χ0) is 14.7. The molecule has 1 N–H and O–H groups in total. The molecule has 0 saturated carbocycles. The summed E-state index contributed by atoms with van der Waals surface area (Å²) in [6.45, 7) is 4.14. The smallest absolute Gasteiger partial charge is 0.316 e. The molecule has 0 amide bonds. The Labute approximate surface area is 122 Å². The summed E-state index contributed by atoms with van der Waals surface area (Å²) in [6.07, 6.45) is 1.76. The van der Waals surface area contributed by atoms with E-state index in [9.17, 15) is 0 Å². The molecular weight excluding hydrogens is 264 g/mol. The Morgan fingerprint density at radius 2 is 1.95 bits per heavy atom. The quantitative estimate of drug-likeness (QED) is 0.584. The van der Waals surface area contributed by atoms with E-state index in [4.69, 9.17) is 4.42 Å². The van der Waals surface area contributed by atoms with Crippen LogP contribution in [0.5, 0.6) is 0 Å². The standard InChI is InChI=1S/C16H16N4O/c1-11(2)15(13-8-5-6-10-17-13)19-20-16-18-12-7-3-4-9-14(12)21-16/h3-11H,1-2H3,(H,18,20)/b19-15-. The second-order valence-electron chi connectivity index (χ2n) is 4.97. The zero-order valence-electron chi connectivity index (χ0n) is 11.9. The second-order valence-corrected chi connectivity index (χ2v) is 4.97. The SMILES string of the molecule is CC(C)/C(=N/Nc1nc2ccccc2o1)c1ccccn1. The van der Waals surface area contributed by atoms with Crippen LogP contribution in [-0.4, -0.2) is 15.7 Å². The molecular formula is C16H16N4O. The van der Waals surface area contributed by atoms with E-state index in [0.29, 0.717) is 6.01 Å². The first-order valence-electron chi connectivity index (χ1n) is 6.84. The van der Waals surface area contributed by atoms with Crippen LogP contribution in [0.3, 0.4) is 0 Å². The average molecular weight is 280 g/mol. The van der Waals surface area contributed by atoms with Crippen LogP contribution in [0.2, 0.25) is 0 Å². The maximum Gasteiger partial charge on any atom is 0.316 e. The molecule has 1 aromatic carbocycles. The Morgan fingerprint density at radius 3 is 2.67 bits per heavy atom. The van der Waals surface area contributed by atoms with Crippen molar-refractivity contribution < 1.29 is 4.42 Å². The summed E-state index contributed by atoms with van der Waals surface area (Å²) in [6, 6.07) is 13.8. The zero-order valence-corrected chi connectivity index (χ0v) is 11.9. The molecule has 0 aliphatic heterocycles. The highest BCUT2D eigenvalue weighted by atomic mass is 16.4. The molecule has 0 unspecified atom stereocenters. The molecule has 0 fully saturated rings. The predicted molar refractivity (Wildman–Crippen MR) is 83.2 cm³/mol. The summed E-state index contributed by atoms with van der Waals surface area (Å²) < 4.78 is 5.58. The molecule has 0 aliphatic rings. The lowest BCUT2D eigenvalue weighted by atomic mass is 10.1. The third-order valence-electron chi connectivity index (χ3n) is 3.04. The van der Waals surface area contributed by atoms with Crippen molar-refractivity contribution in [2.45, 2.75) is 13.8 Å². The minimum absolute atomic E-state index is 0.233. The Hall–Kier alpha value is -2.69. The number of hydrogen-bond acceptors (Lipinski definition) is 5. The number of nitrogens with zero attached hydrogens (tertiary/aromatic N) is 3. The number of nitrogens with one attached hydrogen (secondary N) is 1. The number of aromatic nitrogens is 2. The van der Waals surface area contributed by atoms with Gasteiger partial charge in [-0.2, -0.15) is 10.1 Å². The van der Waals surface area contributed by atoms with E-state index in [1.54, 1.807) is 6.20 Å². The maximum absolute atomic E-state index is 5.58. The molecule has 5 nitrogen and oxygen atoms in total. The van der Waals surface area contributed by atoms with E-state index in [1.807, 2.05) is 42.5 Å². The molecule has 2 aromatic heterocycles. The van der Waals surface area contributed by atoms with Gasteiger partial charge in [0.05, 0.1) is 11.4 Å². The van der Waals surface area contributed by atoms with Crippen LogP contribution >= 0.6 is 0 Å². The Bertz CT molecular complexity index is 729. The number of hydrogen-bond donors (Lipinski definition) is 1. The van der Waals surface area contributed by atoms with Crippen molar-refractivity contribution in [2.24, 2.45) is 11.0 Å². The first-order valence-corrected chi connectivity index (χ1v) is 6.84. The molecule has 0 bridgehead atoms. The van der Waals surface area contributed by atoms with Crippen molar-refractivity contribution in [2.75, 3.05) is 5.43 Å². The number of hydrazone groups is 1. The number of fused-ring (bicyclic) bond motifs is 1. The Morgan fingerprint density at radius 1 is 1.14 bits per heavy atom. The van der Waals surface area contributed by atoms with Gasteiger partial charge in [-0.3, -0.25) is 4.98 Å². The van der Waals surface area contributed by atoms with Gasteiger partial charge >= 0.3 is 6.01 Å². The summed E-state index contributed by atoms with van der Waals surface area (Å²) >= 11 is 0. The van der Waals surface area contributed by atoms with Crippen molar-refractivity contribution >= 4 is 22.8 Å². The van der Waals surface area contributed by atoms with Crippen LogP contribution in [0.1, 0.15) is 19.5 Å². The topological polar surface area (TPSA) is 63.3 Å². The molecule has 2 heterocycles. The van der Waals surface area contributed by atoms with E-state index >= 15 is 0 Å². The number of para-hydroxylation sites is 2. The fourth-order valence-electron chi connectivity index (χ4n) is 2.02. The third-order valence-corrected chi connectivity index (χ3v) is 3.04. The van der Waals surface area contributed by atoms with Crippen LogP contribution in [-0.2, 0) is 0 Å². The van der Waals surface area contributed by atoms with Gasteiger partial charge in [-0.1, -0.05) is 32.0 Å². The van der Waals surface area contributed by atoms with E-state index in [2.05, 4.69) is 34.3 Å². The molecule has 0 spiro atoms. The lowest BCUT2D eigenvalue weighted by Gasteiger charge is -2.08. The fourth-order valence-corrected chi connectivity index (χ4v) is 2.02. The van der Waals surface area contributed by atoms with Crippen LogP contribution in [0.15, 0.2) is 58.2 Å². The highest BCUT2D eigenvalue weighted by Gasteiger charge is 2.11. The van der Waals surface area contributed by atoms with Gasteiger partial charge < -0.3 is 4.42 Å². The van der Waals surface area contributed by atoms with Gasteiger partial charge in [0.15, 0.2) is 5.58 Å². The number of pyridine rings is 1. The Kier molecular flexibility index (Phi) is 3.64. The molecule has 0 aliphatic carbocycles. The van der Waals surface area contributed by atoms with Gasteiger partial charge in [0.1, 0.15) is 5.52 Å². The van der Waals surface area contributed by atoms with E-state index in [1.165, 1.54) is 0 Å². The average Bonchev–Trinajstić information content (AvgIpc) is 2.91. The molecule has 0 atom stereocenters. The third kappa shape index (κ3) is 2.91. The van der Waals surface area contributed by atoms with Crippen LogP contribution in [0, 0.1) is 5.92 Å². The van der Waals surface area contributed by atoms with Gasteiger partial charge in [-0.25, -0.2) is 5.43 Å². The lowest BCUT2D eigenvalue weighted by Crippen LogP contribution is -2.13. The Balaban J connectivity index is 1.88. The molecule has 0 saturated heterocycles. The summed E-state index contributed by atoms with van der Waals surface area (Å²) in [5, 5.41) is 4.41. The van der Waals surface area contributed by atoms with Gasteiger partial charge in [0.25, 0.3) is 0 Å². The van der Waals surface area contributed by atoms with Crippen molar-refractivity contribution in [3.05, 3.63) is 54.4 Å². The van der Waals surface area contributed by atoms with Crippen LogP contribution in [0.25, 0.3) is 11.1 Å². The highest BCUT2D eigenvalue weighted by molar-refractivity contribution is 6.00. The number of oxazole rings is 1. The van der Waals surface area contributed by atoms with Crippen molar-refractivity contribution in [3.63, 3.8) is 0 Å². The maximum atomic E-state index is 5.58. The largest absolute Gasteiger partial charge is 0.422 e. The molecule has 5 heteroatoms. The molecule has 3 aromatic rings. The highest BCUT2D eigenvalue weighted by Crippen LogP contribution is 2.18. The molecule has 3 rings (SSSR count). The monoisotopic (exact) mass is 280 g/mol. The first kappa shape index (κ1) is 13.3. The van der Waals surface area contributed by atoms with Gasteiger partial charge in [-0.15, -0.1) is 0 Å². The number of rotatable bonds is 4. The van der Waals surface area contributed by atoms with E-state index < -0.39 is 0 Å². The van der Waals surface area contributed by atoms with Gasteiger partial charge in [-0.05, 0) is 30.2 Å². The van der Waals surface area contributed by atoms with E-state index in [0.717, 1.165) is 22.5 Å². The fraction of sp³-hybridized carbons (Fsp3) is 0.188. The van der Waals surface area contributed by atoms with Crippen LogP contribution < -0.4 is 5.43 Å². The molecule has 0 radical (unpaired) electrons. The lowest BCUT2D eigenvalue weighted by molar-refractivity contribution is 0.616. The minimum atomic E-state index is 0.233. The van der Waals surface area contributed by atoms with Crippen LogP contribution in [0.4, 0.5) is 6.01 Å². The summed E-state index contributed by atoms with van der Waals surface area (Å²) in [5.41, 5.74) is 6.13.